The summed E-state index contributed by atoms with van der Waals surface area (Å²) in [6.45, 7) is 5.38. The van der Waals surface area contributed by atoms with Crippen LogP contribution in [-0.4, -0.2) is 23.1 Å². The molecule has 2 N–H and O–H groups in total. The zero-order valence-corrected chi connectivity index (χ0v) is 12.7. The third-order valence-electron chi connectivity index (χ3n) is 4.68. The number of quaternary nitrogens is 1. The number of fused-ring (bicyclic) bond motifs is 3. The van der Waals surface area contributed by atoms with E-state index < -0.39 is 0 Å². The van der Waals surface area contributed by atoms with Crippen LogP contribution in [0.4, 0.5) is 0 Å². The first-order valence-electron chi connectivity index (χ1n) is 7.94. The normalized spacial score (nSPS) is 22.4. The molecule has 1 aliphatic rings. The second-order valence-corrected chi connectivity index (χ2v) is 6.40. The van der Waals surface area contributed by atoms with Gasteiger partial charge in [0.25, 0.3) is 5.56 Å². The zero-order chi connectivity index (χ0) is 15.1. The van der Waals surface area contributed by atoms with E-state index in [1.165, 1.54) is 17.7 Å². The van der Waals surface area contributed by atoms with Gasteiger partial charge in [0, 0.05) is 5.39 Å². The van der Waals surface area contributed by atoms with Crippen LogP contribution in [0.3, 0.4) is 0 Å². The largest absolute Gasteiger partial charge is 0.449 e. The van der Waals surface area contributed by atoms with E-state index in [0.717, 1.165) is 36.8 Å². The Morgan fingerprint density at radius 2 is 2.09 bits per heavy atom. The van der Waals surface area contributed by atoms with Crippen molar-refractivity contribution in [2.24, 2.45) is 5.92 Å². The number of likely N-dealkylation sites (tertiary alicyclic amines) is 1. The van der Waals surface area contributed by atoms with Crippen LogP contribution in [0.2, 0.25) is 0 Å². The first-order valence-corrected chi connectivity index (χ1v) is 7.94. The Morgan fingerprint density at radius 1 is 1.32 bits per heavy atom. The number of benzene rings is 1. The zero-order valence-electron chi connectivity index (χ0n) is 12.7. The Bertz CT molecular complexity index is 872. The SMILES string of the molecule is CC1CC[NH+](Cc2nc3c(oc4ccccc43)c(=O)[nH]2)CC1. The third-order valence-corrected chi connectivity index (χ3v) is 4.68. The Morgan fingerprint density at radius 3 is 2.91 bits per heavy atom. The third kappa shape index (κ3) is 2.31. The Balaban J connectivity index is 1.73. The highest BCUT2D eigenvalue weighted by Crippen LogP contribution is 2.24. The summed E-state index contributed by atoms with van der Waals surface area (Å²) in [5.74, 6) is 1.57. The summed E-state index contributed by atoms with van der Waals surface area (Å²) in [6.07, 6.45) is 2.49. The molecule has 22 heavy (non-hydrogen) atoms. The smallest absolute Gasteiger partial charge is 0.294 e. The fourth-order valence-electron chi connectivity index (χ4n) is 3.32. The number of hydrogen-bond donors (Lipinski definition) is 2. The number of nitrogens with zero attached hydrogens (tertiary/aromatic N) is 1. The number of piperidine rings is 1. The molecule has 1 aromatic carbocycles. The van der Waals surface area contributed by atoms with Gasteiger partial charge in [-0.3, -0.25) is 4.79 Å². The van der Waals surface area contributed by atoms with E-state index >= 15 is 0 Å². The van der Waals surface area contributed by atoms with Crippen LogP contribution in [0.15, 0.2) is 33.5 Å². The molecular weight excluding hydrogens is 278 g/mol. The highest BCUT2D eigenvalue weighted by atomic mass is 16.3. The minimum absolute atomic E-state index is 0.180. The number of H-pyrrole nitrogens is 1. The Labute approximate surface area is 127 Å². The topological polar surface area (TPSA) is 63.3 Å². The van der Waals surface area contributed by atoms with Gasteiger partial charge in [0.2, 0.25) is 5.58 Å². The molecule has 3 aromatic rings. The summed E-state index contributed by atoms with van der Waals surface area (Å²) >= 11 is 0. The molecule has 0 spiro atoms. The number of nitrogens with one attached hydrogen (secondary N) is 2. The summed E-state index contributed by atoms with van der Waals surface area (Å²) in [4.78, 5) is 21.3. The summed E-state index contributed by atoms with van der Waals surface area (Å²) in [5.41, 5.74) is 1.54. The number of aromatic nitrogens is 2. The standard InChI is InChI=1S/C17H19N3O2/c1-11-6-8-20(9-7-11)10-14-18-15-12-4-2-3-5-13(12)22-16(15)17(21)19-14/h2-5,11H,6-10H2,1H3,(H,18,19,21)/p+1. The second-order valence-electron chi connectivity index (χ2n) is 6.40. The molecule has 1 saturated heterocycles. The van der Waals surface area contributed by atoms with Gasteiger partial charge < -0.3 is 14.3 Å². The monoisotopic (exact) mass is 298 g/mol. The molecule has 0 amide bonds. The molecule has 0 bridgehead atoms. The van der Waals surface area contributed by atoms with Gasteiger partial charge >= 0.3 is 0 Å². The van der Waals surface area contributed by atoms with Gasteiger partial charge in [-0.2, -0.15) is 0 Å². The lowest BCUT2D eigenvalue weighted by Crippen LogP contribution is -3.11. The van der Waals surface area contributed by atoms with Crippen LogP contribution >= 0.6 is 0 Å². The van der Waals surface area contributed by atoms with Crippen molar-refractivity contribution in [3.8, 4) is 0 Å². The lowest BCUT2D eigenvalue weighted by atomic mass is 9.99. The van der Waals surface area contributed by atoms with E-state index in [1.54, 1.807) is 0 Å². The molecule has 1 aliphatic heterocycles. The maximum atomic E-state index is 12.3. The van der Waals surface area contributed by atoms with Gasteiger partial charge in [-0.25, -0.2) is 4.98 Å². The number of rotatable bonds is 2. The Kier molecular flexibility index (Phi) is 3.22. The number of aromatic amines is 1. The number of hydrogen-bond acceptors (Lipinski definition) is 3. The van der Waals surface area contributed by atoms with E-state index in [1.807, 2.05) is 24.3 Å². The summed E-state index contributed by atoms with van der Waals surface area (Å²) in [5, 5.41) is 0.909. The fraction of sp³-hybridized carbons (Fsp3) is 0.412. The van der Waals surface area contributed by atoms with Crippen LogP contribution in [0, 0.1) is 5.92 Å². The van der Waals surface area contributed by atoms with Gasteiger partial charge in [-0.05, 0) is 30.9 Å². The van der Waals surface area contributed by atoms with Crippen LogP contribution in [0.5, 0.6) is 0 Å². The van der Waals surface area contributed by atoms with E-state index in [4.69, 9.17) is 4.42 Å². The quantitative estimate of drug-likeness (QED) is 0.753. The molecule has 5 heteroatoms. The lowest BCUT2D eigenvalue weighted by molar-refractivity contribution is -0.920. The average molecular weight is 298 g/mol. The van der Waals surface area contributed by atoms with Crippen molar-refractivity contribution in [3.63, 3.8) is 0 Å². The van der Waals surface area contributed by atoms with Crippen molar-refractivity contribution in [1.29, 1.82) is 0 Å². The van der Waals surface area contributed by atoms with Gasteiger partial charge in [-0.15, -0.1) is 0 Å². The first-order chi connectivity index (χ1) is 10.7. The van der Waals surface area contributed by atoms with Crippen molar-refractivity contribution in [2.45, 2.75) is 26.3 Å². The molecule has 1 fully saturated rings. The van der Waals surface area contributed by atoms with Crippen molar-refractivity contribution >= 4 is 22.1 Å². The average Bonchev–Trinajstić information content (AvgIpc) is 2.89. The molecule has 0 saturated carbocycles. The van der Waals surface area contributed by atoms with Gasteiger partial charge in [0.15, 0.2) is 5.82 Å². The molecule has 4 rings (SSSR count). The van der Waals surface area contributed by atoms with E-state index in [-0.39, 0.29) is 5.56 Å². The van der Waals surface area contributed by atoms with Crippen LogP contribution < -0.4 is 10.5 Å². The predicted octanol–water partition coefficient (Wildman–Crippen LogP) is 1.48. The minimum atomic E-state index is -0.180. The van der Waals surface area contributed by atoms with E-state index in [2.05, 4.69) is 16.9 Å². The molecule has 0 radical (unpaired) electrons. The predicted molar refractivity (Wildman–Crippen MR) is 84.9 cm³/mol. The van der Waals surface area contributed by atoms with Crippen molar-refractivity contribution in [2.75, 3.05) is 13.1 Å². The van der Waals surface area contributed by atoms with Crippen LogP contribution in [0.25, 0.3) is 22.1 Å². The van der Waals surface area contributed by atoms with Crippen molar-refractivity contribution in [3.05, 3.63) is 40.4 Å². The first kappa shape index (κ1) is 13.5. The van der Waals surface area contributed by atoms with Crippen LogP contribution in [-0.2, 0) is 6.54 Å². The summed E-state index contributed by atoms with van der Waals surface area (Å²) in [6, 6.07) is 7.66. The maximum Gasteiger partial charge on any atom is 0.294 e. The van der Waals surface area contributed by atoms with Crippen molar-refractivity contribution in [1.82, 2.24) is 9.97 Å². The molecule has 0 atom stereocenters. The number of furan rings is 1. The van der Waals surface area contributed by atoms with Gasteiger partial charge in [-0.1, -0.05) is 19.1 Å². The molecule has 0 aliphatic carbocycles. The highest BCUT2D eigenvalue weighted by Gasteiger charge is 2.21. The highest BCUT2D eigenvalue weighted by molar-refractivity contribution is 6.01. The molecule has 3 heterocycles. The number of para-hydroxylation sites is 1. The van der Waals surface area contributed by atoms with E-state index in [0.29, 0.717) is 16.7 Å². The summed E-state index contributed by atoms with van der Waals surface area (Å²) < 4.78 is 5.63. The fourth-order valence-corrected chi connectivity index (χ4v) is 3.32. The molecule has 0 unspecified atom stereocenters. The van der Waals surface area contributed by atoms with E-state index in [9.17, 15) is 4.79 Å². The molecular formula is C17H20N3O2+. The van der Waals surface area contributed by atoms with Crippen LogP contribution in [0.1, 0.15) is 25.6 Å². The van der Waals surface area contributed by atoms with Gasteiger partial charge in [0.1, 0.15) is 17.6 Å². The Hall–Kier alpha value is -2.14. The lowest BCUT2D eigenvalue weighted by Gasteiger charge is -2.26. The molecule has 2 aromatic heterocycles. The van der Waals surface area contributed by atoms with Gasteiger partial charge in [0.05, 0.1) is 13.1 Å². The molecule has 114 valence electrons. The van der Waals surface area contributed by atoms with Crippen molar-refractivity contribution < 1.29 is 9.32 Å². The maximum absolute atomic E-state index is 12.3. The molecule has 5 nitrogen and oxygen atoms in total. The second kappa shape index (κ2) is 5.25. The minimum Gasteiger partial charge on any atom is -0.449 e. The summed E-state index contributed by atoms with van der Waals surface area (Å²) in [7, 11) is 0.